The van der Waals surface area contributed by atoms with Crippen LogP contribution in [0.5, 0.6) is 11.8 Å². The van der Waals surface area contributed by atoms with Crippen molar-refractivity contribution in [2.24, 2.45) is 5.92 Å². The monoisotopic (exact) mass is 550 g/mol. The van der Waals surface area contributed by atoms with Crippen LogP contribution in [-0.4, -0.2) is 64.9 Å². The number of likely N-dealkylation sites (tertiary alicyclic amines) is 1. The molecule has 0 aromatic carbocycles. The number of ether oxygens (including phenoxy) is 2. The van der Waals surface area contributed by atoms with Gasteiger partial charge in [-0.25, -0.2) is 0 Å². The van der Waals surface area contributed by atoms with Crippen molar-refractivity contribution in [2.75, 3.05) is 26.3 Å². The third-order valence-electron chi connectivity index (χ3n) is 6.11. The third kappa shape index (κ3) is 8.93. The first-order chi connectivity index (χ1) is 18.3. The fourth-order valence-electron chi connectivity index (χ4n) is 3.98. The van der Waals surface area contributed by atoms with E-state index in [-0.39, 0.29) is 54.5 Å². The molecule has 2 aromatic heterocycles. The number of aromatic nitrogens is 2. The maximum absolute atomic E-state index is 13.2. The van der Waals surface area contributed by atoms with Crippen LogP contribution in [0.25, 0.3) is 0 Å². The Hall–Kier alpha value is -3.70. The van der Waals surface area contributed by atoms with E-state index in [1.165, 1.54) is 6.07 Å². The van der Waals surface area contributed by atoms with Crippen molar-refractivity contribution in [3.8, 4) is 11.8 Å². The molecule has 2 amide bonds. The Morgan fingerprint density at radius 1 is 1.13 bits per heavy atom. The van der Waals surface area contributed by atoms with E-state index >= 15 is 0 Å². The molecule has 0 radical (unpaired) electrons. The predicted octanol–water partition coefficient (Wildman–Crippen LogP) is 3.99. The molecule has 2 aromatic rings. The second-order valence-electron chi connectivity index (χ2n) is 9.76. The average molecular weight is 551 g/mol. The third-order valence-corrected chi connectivity index (χ3v) is 6.11. The molecule has 3 heterocycles. The van der Waals surface area contributed by atoms with Crippen LogP contribution in [0.4, 0.5) is 13.2 Å². The number of hydrogen-bond donors (Lipinski definition) is 1. The smallest absolute Gasteiger partial charge is 0.422 e. The van der Waals surface area contributed by atoms with Gasteiger partial charge < -0.3 is 19.7 Å². The number of carbonyl (C=O) groups is 3. The fraction of sp³-hybridized carbons (Fsp3) is 0.519. The highest BCUT2D eigenvalue weighted by molar-refractivity contribution is 5.96. The van der Waals surface area contributed by atoms with Crippen molar-refractivity contribution in [2.45, 2.75) is 59.2 Å². The van der Waals surface area contributed by atoms with Gasteiger partial charge >= 0.3 is 6.18 Å². The van der Waals surface area contributed by atoms with Crippen LogP contribution in [0, 0.1) is 12.8 Å². The van der Waals surface area contributed by atoms with Gasteiger partial charge in [0.15, 0.2) is 6.61 Å². The number of amides is 2. The standard InChI is InChI=1S/C27H33F3N4O5/c1-16(2)22(35)14-20-13-19(12-17(3)31-20)18(4)32-25(37)21-7-8-23(39-15-27(28,29)30)33-26(21)38-11-10-34-9-5-6-24(34)36/h7-8,12-13,16,18H,5-6,9-11,14-15H2,1-4H3,(H,32,37). The second kappa shape index (κ2) is 12.9. The topological polar surface area (TPSA) is 111 Å². The lowest BCUT2D eigenvalue weighted by molar-refractivity contribution is -0.154. The van der Waals surface area contributed by atoms with Crippen LogP contribution in [0.2, 0.25) is 0 Å². The highest BCUT2D eigenvalue weighted by Crippen LogP contribution is 2.24. The van der Waals surface area contributed by atoms with Crippen molar-refractivity contribution >= 4 is 17.6 Å². The molecule has 0 saturated carbocycles. The summed E-state index contributed by atoms with van der Waals surface area (Å²) in [7, 11) is 0. The number of rotatable bonds is 12. The van der Waals surface area contributed by atoms with Gasteiger partial charge in [-0.05, 0) is 44.0 Å². The van der Waals surface area contributed by atoms with Crippen LogP contribution in [0.15, 0.2) is 24.3 Å². The number of nitrogens with zero attached hydrogens (tertiary/aromatic N) is 3. The molecule has 9 nitrogen and oxygen atoms in total. The van der Waals surface area contributed by atoms with E-state index in [1.54, 1.807) is 30.9 Å². The SMILES string of the molecule is Cc1cc(C(C)NC(=O)c2ccc(OCC(F)(F)F)nc2OCCN2CCCC2=O)cc(CC(=O)C(C)C)n1. The minimum Gasteiger partial charge on any atom is -0.475 e. The maximum atomic E-state index is 13.2. The Morgan fingerprint density at radius 2 is 1.87 bits per heavy atom. The zero-order valence-corrected chi connectivity index (χ0v) is 22.4. The van der Waals surface area contributed by atoms with Gasteiger partial charge in [-0.1, -0.05) is 13.8 Å². The molecule has 1 unspecified atom stereocenters. The van der Waals surface area contributed by atoms with Crippen LogP contribution in [0.1, 0.15) is 67.0 Å². The molecule has 0 spiro atoms. The minimum atomic E-state index is -4.56. The average Bonchev–Trinajstić information content (AvgIpc) is 3.26. The molecule has 1 atom stereocenters. The molecule has 1 N–H and O–H groups in total. The predicted molar refractivity (Wildman–Crippen MR) is 136 cm³/mol. The van der Waals surface area contributed by atoms with Gasteiger partial charge in [-0.2, -0.15) is 18.2 Å². The lowest BCUT2D eigenvalue weighted by Crippen LogP contribution is -2.30. The molecule has 1 fully saturated rings. The van der Waals surface area contributed by atoms with Crippen LogP contribution in [-0.2, 0) is 16.0 Å². The number of halogens is 3. The Labute approximate surface area is 225 Å². The van der Waals surface area contributed by atoms with Gasteiger partial charge in [0.25, 0.3) is 5.91 Å². The summed E-state index contributed by atoms with van der Waals surface area (Å²) >= 11 is 0. The van der Waals surface area contributed by atoms with E-state index in [4.69, 9.17) is 9.47 Å². The van der Waals surface area contributed by atoms with Gasteiger partial charge in [-0.3, -0.25) is 19.4 Å². The van der Waals surface area contributed by atoms with Gasteiger partial charge in [0.05, 0.1) is 12.6 Å². The number of ketones is 1. The van der Waals surface area contributed by atoms with E-state index in [0.717, 1.165) is 18.1 Å². The maximum Gasteiger partial charge on any atom is 0.422 e. The van der Waals surface area contributed by atoms with Crippen LogP contribution < -0.4 is 14.8 Å². The summed E-state index contributed by atoms with van der Waals surface area (Å²) in [4.78, 5) is 47.3. The number of hydrogen-bond acceptors (Lipinski definition) is 7. The summed E-state index contributed by atoms with van der Waals surface area (Å²) < 4.78 is 48.2. The van der Waals surface area contributed by atoms with E-state index in [9.17, 15) is 27.6 Å². The van der Waals surface area contributed by atoms with Crippen molar-refractivity contribution in [1.29, 1.82) is 0 Å². The number of alkyl halides is 3. The van der Waals surface area contributed by atoms with Gasteiger partial charge in [0.2, 0.25) is 17.7 Å². The number of nitrogens with one attached hydrogen (secondary N) is 1. The Morgan fingerprint density at radius 3 is 2.51 bits per heavy atom. The molecule has 0 bridgehead atoms. The number of aryl methyl sites for hydroxylation is 1. The first-order valence-electron chi connectivity index (χ1n) is 12.7. The lowest BCUT2D eigenvalue weighted by atomic mass is 10.0. The van der Waals surface area contributed by atoms with Gasteiger partial charge in [0.1, 0.15) is 18.0 Å². The van der Waals surface area contributed by atoms with E-state index < -0.39 is 24.7 Å². The molecule has 0 aliphatic carbocycles. The van der Waals surface area contributed by atoms with E-state index in [2.05, 4.69) is 15.3 Å². The fourth-order valence-corrected chi connectivity index (χ4v) is 3.98. The summed E-state index contributed by atoms with van der Waals surface area (Å²) in [6.45, 7) is 6.47. The molecular formula is C27H33F3N4O5. The van der Waals surface area contributed by atoms with Gasteiger partial charge in [-0.15, -0.1) is 0 Å². The molecule has 12 heteroatoms. The Bertz CT molecular complexity index is 1200. The molecule has 3 rings (SSSR count). The first-order valence-corrected chi connectivity index (χ1v) is 12.7. The second-order valence-corrected chi connectivity index (χ2v) is 9.76. The first kappa shape index (κ1) is 29.9. The van der Waals surface area contributed by atoms with E-state index in [1.807, 2.05) is 13.8 Å². The van der Waals surface area contributed by atoms with E-state index in [0.29, 0.717) is 24.4 Å². The highest BCUT2D eigenvalue weighted by atomic mass is 19.4. The highest BCUT2D eigenvalue weighted by Gasteiger charge is 2.29. The normalized spacial score (nSPS) is 14.5. The zero-order chi connectivity index (χ0) is 28.7. The van der Waals surface area contributed by atoms with Crippen molar-refractivity contribution in [1.82, 2.24) is 20.2 Å². The summed E-state index contributed by atoms with van der Waals surface area (Å²) in [5, 5.41) is 2.84. The lowest BCUT2D eigenvalue weighted by Gasteiger charge is -2.19. The molecule has 212 valence electrons. The quantitative estimate of drug-likeness (QED) is 0.426. The molecule has 39 heavy (non-hydrogen) atoms. The Kier molecular flexibility index (Phi) is 9.87. The largest absolute Gasteiger partial charge is 0.475 e. The molecule has 1 aliphatic rings. The zero-order valence-electron chi connectivity index (χ0n) is 22.4. The summed E-state index contributed by atoms with van der Waals surface area (Å²) in [5.41, 5.74) is 2.01. The Balaban J connectivity index is 1.77. The molecule has 1 saturated heterocycles. The van der Waals surface area contributed by atoms with Crippen molar-refractivity contribution in [3.63, 3.8) is 0 Å². The summed E-state index contributed by atoms with van der Waals surface area (Å²) in [6, 6.07) is 5.50. The van der Waals surface area contributed by atoms with Crippen LogP contribution in [0.3, 0.4) is 0 Å². The van der Waals surface area contributed by atoms with Crippen molar-refractivity contribution in [3.05, 3.63) is 46.8 Å². The minimum absolute atomic E-state index is 0.00468. The van der Waals surface area contributed by atoms with Gasteiger partial charge in [0, 0.05) is 42.8 Å². The number of pyridine rings is 2. The number of carbonyl (C=O) groups excluding carboxylic acids is 3. The van der Waals surface area contributed by atoms with Crippen molar-refractivity contribution < 1.29 is 37.0 Å². The molecular weight excluding hydrogens is 517 g/mol. The number of Topliss-reactive ketones (excluding diaryl/α,β-unsaturated/α-hetero) is 1. The summed E-state index contributed by atoms with van der Waals surface area (Å²) in [6.07, 6.45) is -3.20. The van der Waals surface area contributed by atoms with Crippen LogP contribution >= 0.6 is 0 Å². The summed E-state index contributed by atoms with van der Waals surface area (Å²) in [5.74, 6) is -1.23. The molecule has 1 aliphatic heterocycles.